The van der Waals surface area contributed by atoms with E-state index in [2.05, 4.69) is 46.4 Å². The van der Waals surface area contributed by atoms with Crippen LogP contribution in [0.5, 0.6) is 0 Å². The summed E-state index contributed by atoms with van der Waals surface area (Å²) in [6.07, 6.45) is 11.1. The van der Waals surface area contributed by atoms with Gasteiger partial charge in [0, 0.05) is 5.41 Å². The van der Waals surface area contributed by atoms with E-state index in [0.717, 1.165) is 32.1 Å². The second-order valence-electron chi connectivity index (χ2n) is 7.70. The molecule has 118 valence electrons. The highest BCUT2D eigenvalue weighted by Gasteiger charge is 2.50. The summed E-state index contributed by atoms with van der Waals surface area (Å²) in [6, 6.07) is 0. The van der Waals surface area contributed by atoms with Gasteiger partial charge >= 0.3 is 0 Å². The van der Waals surface area contributed by atoms with Crippen molar-refractivity contribution in [2.75, 3.05) is 0 Å². The summed E-state index contributed by atoms with van der Waals surface area (Å²) >= 11 is 0. The Kier molecular flexibility index (Phi) is 5.14. The van der Waals surface area contributed by atoms with Crippen molar-refractivity contribution in [2.45, 2.75) is 72.3 Å². The molecule has 0 spiro atoms. The van der Waals surface area contributed by atoms with E-state index < -0.39 is 0 Å². The van der Waals surface area contributed by atoms with Crippen LogP contribution in [0.2, 0.25) is 0 Å². The van der Waals surface area contributed by atoms with Crippen molar-refractivity contribution in [3.63, 3.8) is 0 Å². The van der Waals surface area contributed by atoms with E-state index in [0.29, 0.717) is 11.8 Å². The van der Waals surface area contributed by atoms with Crippen molar-refractivity contribution in [1.29, 1.82) is 0 Å². The van der Waals surface area contributed by atoms with Gasteiger partial charge in [0.1, 0.15) is 0 Å². The number of aliphatic hydroxyl groups excluding tert-OH is 1. The van der Waals surface area contributed by atoms with Gasteiger partial charge < -0.3 is 5.11 Å². The zero-order chi connectivity index (χ0) is 15.6. The summed E-state index contributed by atoms with van der Waals surface area (Å²) in [5.41, 5.74) is 4.23. The standard InChI is InChI=1S/C20H32O/c1-14(2)17-13-19(21)20(5)12-11-16(4)8-6-7-15(3)9-10-18(17)20/h7,11,17-19,21H,1,6,8-10,12-13H2,2-5H3/b15-7+,16-11+/t17-,18+,19-,20-/m1/s1. The molecule has 0 aromatic carbocycles. The van der Waals surface area contributed by atoms with E-state index in [1.807, 2.05) is 0 Å². The topological polar surface area (TPSA) is 20.2 Å². The van der Waals surface area contributed by atoms with Crippen molar-refractivity contribution in [3.8, 4) is 0 Å². The number of hydrogen-bond acceptors (Lipinski definition) is 1. The molecule has 0 aromatic heterocycles. The zero-order valence-electron chi connectivity index (χ0n) is 14.3. The summed E-state index contributed by atoms with van der Waals surface area (Å²) in [4.78, 5) is 0. The summed E-state index contributed by atoms with van der Waals surface area (Å²) in [5.74, 6) is 1.03. The highest BCUT2D eigenvalue weighted by molar-refractivity contribution is 5.15. The first-order valence-corrected chi connectivity index (χ1v) is 8.49. The second-order valence-corrected chi connectivity index (χ2v) is 7.70. The molecule has 2 aliphatic rings. The SMILES string of the molecule is C=C(C)[C@H]1C[C@@H](O)[C@]2(C)C/C=C(\C)CC/C=C(\C)CC[C@@H]12. The maximum absolute atomic E-state index is 10.7. The minimum Gasteiger partial charge on any atom is -0.393 e. The van der Waals surface area contributed by atoms with Gasteiger partial charge in [-0.05, 0) is 71.1 Å². The second kappa shape index (κ2) is 6.52. The zero-order valence-corrected chi connectivity index (χ0v) is 14.3. The average molecular weight is 288 g/mol. The molecule has 0 aliphatic heterocycles. The van der Waals surface area contributed by atoms with Gasteiger partial charge in [-0.2, -0.15) is 0 Å². The van der Waals surface area contributed by atoms with E-state index in [1.165, 1.54) is 23.1 Å². The molecule has 0 heterocycles. The highest BCUT2D eigenvalue weighted by atomic mass is 16.3. The number of aliphatic hydroxyl groups is 1. The molecule has 1 fully saturated rings. The Balaban J connectivity index is 2.33. The van der Waals surface area contributed by atoms with Crippen LogP contribution in [0.3, 0.4) is 0 Å². The number of hydrogen-bond donors (Lipinski definition) is 1. The van der Waals surface area contributed by atoms with Crippen LogP contribution in [0.1, 0.15) is 66.2 Å². The molecule has 2 aliphatic carbocycles. The predicted octanol–water partition coefficient (Wildman–Crippen LogP) is 5.42. The molecule has 0 aromatic rings. The molecule has 0 amide bonds. The monoisotopic (exact) mass is 288 g/mol. The number of rotatable bonds is 1. The molecule has 2 rings (SSSR count). The Labute approximate surface area is 130 Å². The quantitative estimate of drug-likeness (QED) is 0.638. The predicted molar refractivity (Wildman–Crippen MR) is 91.1 cm³/mol. The molecule has 4 atom stereocenters. The van der Waals surface area contributed by atoms with Crippen molar-refractivity contribution in [1.82, 2.24) is 0 Å². The Morgan fingerprint density at radius 3 is 2.57 bits per heavy atom. The van der Waals surface area contributed by atoms with Crippen LogP contribution in [-0.2, 0) is 0 Å². The fourth-order valence-electron chi connectivity index (χ4n) is 4.27. The first-order valence-electron chi connectivity index (χ1n) is 8.49. The fourth-order valence-corrected chi connectivity index (χ4v) is 4.27. The Morgan fingerprint density at radius 2 is 1.90 bits per heavy atom. The molecule has 1 nitrogen and oxygen atoms in total. The van der Waals surface area contributed by atoms with E-state index >= 15 is 0 Å². The Morgan fingerprint density at radius 1 is 1.24 bits per heavy atom. The van der Waals surface area contributed by atoms with Crippen molar-refractivity contribution in [2.24, 2.45) is 17.3 Å². The van der Waals surface area contributed by atoms with Gasteiger partial charge in [-0.25, -0.2) is 0 Å². The molecule has 0 unspecified atom stereocenters. The smallest absolute Gasteiger partial charge is 0.0605 e. The van der Waals surface area contributed by atoms with E-state index in [-0.39, 0.29) is 11.5 Å². The average Bonchev–Trinajstić information content (AvgIpc) is 2.65. The molecule has 0 saturated heterocycles. The van der Waals surface area contributed by atoms with Crippen LogP contribution < -0.4 is 0 Å². The molecule has 0 radical (unpaired) electrons. The van der Waals surface area contributed by atoms with Crippen LogP contribution in [-0.4, -0.2) is 11.2 Å². The normalized spacial score (nSPS) is 43.0. The fraction of sp³-hybridized carbons (Fsp3) is 0.700. The minimum atomic E-state index is -0.196. The molecule has 1 heteroatoms. The molecular weight excluding hydrogens is 256 g/mol. The lowest BCUT2D eigenvalue weighted by atomic mass is 9.70. The molecule has 0 bridgehead atoms. The molecular formula is C20H32O. The van der Waals surface area contributed by atoms with Crippen LogP contribution in [0.15, 0.2) is 35.5 Å². The largest absolute Gasteiger partial charge is 0.393 e. The lowest BCUT2D eigenvalue weighted by molar-refractivity contribution is 0.0380. The summed E-state index contributed by atoms with van der Waals surface area (Å²) in [7, 11) is 0. The Bertz CT molecular complexity index is 456. The van der Waals surface area contributed by atoms with Gasteiger partial charge in [-0.1, -0.05) is 42.4 Å². The summed E-state index contributed by atoms with van der Waals surface area (Å²) in [5, 5.41) is 10.7. The van der Waals surface area contributed by atoms with Crippen LogP contribution in [0.4, 0.5) is 0 Å². The van der Waals surface area contributed by atoms with Gasteiger partial charge in [0.25, 0.3) is 0 Å². The number of fused-ring (bicyclic) bond motifs is 1. The van der Waals surface area contributed by atoms with Crippen LogP contribution in [0.25, 0.3) is 0 Å². The molecule has 21 heavy (non-hydrogen) atoms. The lowest BCUT2D eigenvalue weighted by Gasteiger charge is -2.36. The first kappa shape index (κ1) is 16.5. The highest BCUT2D eigenvalue weighted by Crippen LogP contribution is 2.54. The third-order valence-electron chi connectivity index (χ3n) is 5.98. The maximum Gasteiger partial charge on any atom is 0.0605 e. The number of allylic oxidation sites excluding steroid dienone is 5. The van der Waals surface area contributed by atoms with Crippen molar-refractivity contribution >= 4 is 0 Å². The van der Waals surface area contributed by atoms with Gasteiger partial charge in [-0.15, -0.1) is 0 Å². The van der Waals surface area contributed by atoms with Crippen LogP contribution >= 0.6 is 0 Å². The van der Waals surface area contributed by atoms with E-state index in [9.17, 15) is 5.11 Å². The van der Waals surface area contributed by atoms with Crippen molar-refractivity contribution in [3.05, 3.63) is 35.5 Å². The van der Waals surface area contributed by atoms with Gasteiger partial charge in [0.05, 0.1) is 6.10 Å². The first-order chi connectivity index (χ1) is 9.84. The van der Waals surface area contributed by atoms with Crippen LogP contribution in [0, 0.1) is 17.3 Å². The summed E-state index contributed by atoms with van der Waals surface area (Å²) in [6.45, 7) is 13.1. The lowest BCUT2D eigenvalue weighted by Crippen LogP contribution is -2.33. The van der Waals surface area contributed by atoms with Gasteiger partial charge in [0.2, 0.25) is 0 Å². The van der Waals surface area contributed by atoms with E-state index in [4.69, 9.17) is 0 Å². The minimum absolute atomic E-state index is 0.00942. The molecule has 1 N–H and O–H groups in total. The third-order valence-corrected chi connectivity index (χ3v) is 5.98. The maximum atomic E-state index is 10.7. The summed E-state index contributed by atoms with van der Waals surface area (Å²) < 4.78 is 0. The van der Waals surface area contributed by atoms with Crippen molar-refractivity contribution < 1.29 is 5.11 Å². The third kappa shape index (κ3) is 3.51. The molecule has 1 saturated carbocycles. The van der Waals surface area contributed by atoms with E-state index in [1.54, 1.807) is 0 Å². The van der Waals surface area contributed by atoms with Gasteiger partial charge in [0.15, 0.2) is 0 Å². The Hall–Kier alpha value is -0.820. The van der Waals surface area contributed by atoms with Gasteiger partial charge in [-0.3, -0.25) is 0 Å².